The molecule has 0 saturated carbocycles. The van der Waals surface area contributed by atoms with Gasteiger partial charge < -0.3 is 4.74 Å². The van der Waals surface area contributed by atoms with Gasteiger partial charge in [0, 0.05) is 0 Å². The summed E-state index contributed by atoms with van der Waals surface area (Å²) in [7, 11) is -2.28. The van der Waals surface area contributed by atoms with Crippen molar-refractivity contribution in [3.05, 3.63) is 41.7 Å². The highest BCUT2D eigenvalue weighted by Crippen LogP contribution is 2.20. The molecule has 1 aromatic carbocycles. The minimum absolute atomic E-state index is 0.0774. The van der Waals surface area contributed by atoms with Crippen molar-refractivity contribution in [3.8, 4) is 0 Å². The third-order valence-electron chi connectivity index (χ3n) is 2.81. The molecule has 0 N–H and O–H groups in total. The Labute approximate surface area is 112 Å². The number of hydrogen-bond acceptors (Lipinski definition) is 4. The van der Waals surface area contributed by atoms with E-state index in [0.717, 1.165) is 5.56 Å². The molecule has 1 aliphatic heterocycles. The van der Waals surface area contributed by atoms with Crippen LogP contribution in [0.3, 0.4) is 0 Å². The van der Waals surface area contributed by atoms with Gasteiger partial charge in [-0.2, -0.15) is 8.42 Å². The SMILES string of the molecule is BC1OC(COS(=O)(=O)c2ccc(C)cc2)C=C1F. The molecule has 19 heavy (non-hydrogen) atoms. The van der Waals surface area contributed by atoms with Crippen molar-refractivity contribution in [1.82, 2.24) is 0 Å². The van der Waals surface area contributed by atoms with Crippen molar-refractivity contribution in [3.63, 3.8) is 0 Å². The first kappa shape index (κ1) is 14.2. The van der Waals surface area contributed by atoms with Gasteiger partial charge in [-0.15, -0.1) is 0 Å². The molecular weight excluding hydrogens is 270 g/mol. The Bertz CT molecular complexity index is 582. The molecule has 0 bridgehead atoms. The van der Waals surface area contributed by atoms with Gasteiger partial charge >= 0.3 is 0 Å². The molecule has 2 rings (SSSR count). The molecule has 0 spiro atoms. The molecule has 0 radical (unpaired) electrons. The van der Waals surface area contributed by atoms with Crippen LogP contribution in [-0.2, 0) is 19.0 Å². The van der Waals surface area contributed by atoms with Crippen molar-refractivity contribution in [2.45, 2.75) is 23.9 Å². The largest absolute Gasteiger partial charge is 0.370 e. The number of rotatable bonds is 4. The zero-order chi connectivity index (χ0) is 14.0. The Morgan fingerprint density at radius 1 is 1.37 bits per heavy atom. The lowest BCUT2D eigenvalue weighted by molar-refractivity contribution is 0.0610. The van der Waals surface area contributed by atoms with Gasteiger partial charge in [-0.1, -0.05) is 17.7 Å². The summed E-state index contributed by atoms with van der Waals surface area (Å²) < 4.78 is 46.9. The topological polar surface area (TPSA) is 52.6 Å². The van der Waals surface area contributed by atoms with Crippen molar-refractivity contribution in [1.29, 1.82) is 0 Å². The standard InChI is InChI=1S/C12H14BFO4S/c1-8-2-4-10(5-3-8)19(15,16)17-7-9-6-11(14)12(13)18-9/h2-6,9,12H,7,13H2,1H3. The zero-order valence-corrected chi connectivity index (χ0v) is 11.5. The molecule has 2 unspecified atom stereocenters. The third kappa shape index (κ3) is 3.43. The Balaban J connectivity index is 2.01. The lowest BCUT2D eigenvalue weighted by atomic mass is 10.0. The summed E-state index contributed by atoms with van der Waals surface area (Å²) in [5.41, 5.74) is 0.955. The Hall–Kier alpha value is -1.18. The van der Waals surface area contributed by atoms with Crippen molar-refractivity contribution in [2.24, 2.45) is 0 Å². The fourth-order valence-electron chi connectivity index (χ4n) is 1.70. The first-order chi connectivity index (χ1) is 8.88. The average molecular weight is 284 g/mol. The second-order valence-electron chi connectivity index (χ2n) is 4.42. The first-order valence-corrected chi connectivity index (χ1v) is 7.28. The molecule has 1 aliphatic rings. The zero-order valence-electron chi connectivity index (χ0n) is 10.7. The van der Waals surface area contributed by atoms with Crippen molar-refractivity contribution in [2.75, 3.05) is 6.61 Å². The molecule has 102 valence electrons. The maximum absolute atomic E-state index is 13.1. The summed E-state index contributed by atoms with van der Waals surface area (Å²) in [6, 6.07) is 5.67. The van der Waals surface area contributed by atoms with Crippen LogP contribution in [0.15, 0.2) is 41.1 Å². The van der Waals surface area contributed by atoms with E-state index < -0.39 is 28.1 Å². The molecule has 0 aliphatic carbocycles. The van der Waals surface area contributed by atoms with Crippen molar-refractivity contribution >= 4 is 18.0 Å². The highest BCUT2D eigenvalue weighted by Gasteiger charge is 2.26. The highest BCUT2D eigenvalue weighted by atomic mass is 32.2. The maximum Gasteiger partial charge on any atom is 0.297 e. The summed E-state index contributed by atoms with van der Waals surface area (Å²) in [6.07, 6.45) is 0.560. The van der Waals surface area contributed by atoms with E-state index in [1.807, 2.05) is 6.92 Å². The van der Waals surface area contributed by atoms with E-state index in [2.05, 4.69) is 0 Å². The normalized spacial score (nSPS) is 23.4. The summed E-state index contributed by atoms with van der Waals surface area (Å²) in [5, 5.41) is 0. The monoisotopic (exact) mass is 284 g/mol. The van der Waals surface area contributed by atoms with Crippen LogP contribution in [0.5, 0.6) is 0 Å². The molecule has 0 aromatic heterocycles. The number of halogens is 1. The fourth-order valence-corrected chi connectivity index (χ4v) is 2.62. The molecule has 1 heterocycles. The summed E-state index contributed by atoms with van der Waals surface area (Å²) >= 11 is 0. The van der Waals surface area contributed by atoms with Crippen LogP contribution in [0.1, 0.15) is 5.56 Å². The molecule has 0 fully saturated rings. The summed E-state index contributed by atoms with van der Waals surface area (Å²) in [6.45, 7) is 1.63. The van der Waals surface area contributed by atoms with Crippen LogP contribution < -0.4 is 0 Å². The maximum atomic E-state index is 13.1. The Morgan fingerprint density at radius 3 is 2.53 bits per heavy atom. The van der Waals surface area contributed by atoms with E-state index in [0.29, 0.717) is 0 Å². The Kier molecular flexibility index (Phi) is 4.08. The van der Waals surface area contributed by atoms with E-state index in [1.165, 1.54) is 18.2 Å². The van der Waals surface area contributed by atoms with Gasteiger partial charge in [0.15, 0.2) is 0 Å². The van der Waals surface area contributed by atoms with E-state index in [-0.39, 0.29) is 11.5 Å². The van der Waals surface area contributed by atoms with Crippen LogP contribution in [0, 0.1) is 6.92 Å². The van der Waals surface area contributed by atoms with Crippen molar-refractivity contribution < 1.29 is 21.7 Å². The van der Waals surface area contributed by atoms with Crippen LogP contribution in [-0.4, -0.2) is 35.0 Å². The lowest BCUT2D eigenvalue weighted by Crippen LogP contribution is -2.20. The summed E-state index contributed by atoms with van der Waals surface area (Å²) in [4.78, 5) is 0.0774. The van der Waals surface area contributed by atoms with E-state index >= 15 is 0 Å². The summed E-state index contributed by atoms with van der Waals surface area (Å²) in [5.74, 6) is -0.402. The quantitative estimate of drug-likeness (QED) is 0.609. The number of benzene rings is 1. The van der Waals surface area contributed by atoms with Gasteiger partial charge in [0.05, 0.1) is 17.5 Å². The van der Waals surface area contributed by atoms with Gasteiger partial charge in [0.2, 0.25) is 0 Å². The smallest absolute Gasteiger partial charge is 0.297 e. The van der Waals surface area contributed by atoms with Crippen LogP contribution in [0.4, 0.5) is 4.39 Å². The van der Waals surface area contributed by atoms with Gasteiger partial charge in [0.1, 0.15) is 19.8 Å². The Morgan fingerprint density at radius 2 is 2.00 bits per heavy atom. The highest BCUT2D eigenvalue weighted by molar-refractivity contribution is 7.86. The van der Waals surface area contributed by atoms with Gasteiger partial charge in [-0.25, -0.2) is 4.39 Å². The molecule has 1 aromatic rings. The predicted octanol–water partition coefficient (Wildman–Crippen LogP) is 0.912. The van der Waals surface area contributed by atoms with Gasteiger partial charge in [-0.05, 0) is 25.1 Å². The fraction of sp³-hybridized carbons (Fsp3) is 0.333. The number of aryl methyl sites for hydroxylation is 1. The first-order valence-electron chi connectivity index (χ1n) is 5.87. The third-order valence-corrected chi connectivity index (χ3v) is 4.11. The predicted molar refractivity (Wildman–Crippen MR) is 70.7 cm³/mol. The van der Waals surface area contributed by atoms with E-state index in [9.17, 15) is 12.8 Å². The molecular formula is C12H14BFO4S. The lowest BCUT2D eigenvalue weighted by Gasteiger charge is -2.11. The second kappa shape index (κ2) is 5.44. The van der Waals surface area contributed by atoms with Gasteiger partial charge in [-0.3, -0.25) is 4.18 Å². The van der Waals surface area contributed by atoms with Gasteiger partial charge in [0.25, 0.3) is 10.1 Å². The van der Waals surface area contributed by atoms with Crippen LogP contribution >= 0.6 is 0 Å². The number of ether oxygens (including phenoxy) is 1. The number of hydrogen-bond donors (Lipinski definition) is 0. The average Bonchev–Trinajstić information content (AvgIpc) is 2.67. The molecule has 4 nitrogen and oxygen atoms in total. The molecule has 0 saturated heterocycles. The molecule has 0 amide bonds. The van der Waals surface area contributed by atoms with E-state index in [1.54, 1.807) is 20.0 Å². The van der Waals surface area contributed by atoms with Crippen LogP contribution in [0.25, 0.3) is 0 Å². The molecule has 2 atom stereocenters. The van der Waals surface area contributed by atoms with E-state index in [4.69, 9.17) is 8.92 Å². The second-order valence-corrected chi connectivity index (χ2v) is 6.04. The molecule has 7 heteroatoms. The minimum atomic E-state index is -3.83. The van der Waals surface area contributed by atoms with Crippen LogP contribution in [0.2, 0.25) is 0 Å². The minimum Gasteiger partial charge on any atom is -0.370 e.